The number of fused-ring (bicyclic) bond motifs is 1. The number of aromatic nitrogens is 2. The Kier molecular flexibility index (Phi) is 12.2. The zero-order valence-electron chi connectivity index (χ0n) is 25.2. The summed E-state index contributed by atoms with van der Waals surface area (Å²) in [5, 5.41) is 28.3. The molecule has 2 amide bonds. The molecule has 8 nitrogen and oxygen atoms in total. The lowest BCUT2D eigenvalue weighted by atomic mass is 9.76. The highest BCUT2D eigenvalue weighted by molar-refractivity contribution is 5.90. The van der Waals surface area contributed by atoms with Gasteiger partial charge in [-0.3, -0.25) is 14.3 Å². The van der Waals surface area contributed by atoms with Crippen molar-refractivity contribution in [2.45, 2.75) is 105 Å². The summed E-state index contributed by atoms with van der Waals surface area (Å²) in [6.07, 6.45) is 3.56. The Morgan fingerprint density at radius 3 is 2.46 bits per heavy atom. The monoisotopic (exact) mass is 542 g/mol. The second kappa shape index (κ2) is 14.6. The van der Waals surface area contributed by atoms with Crippen molar-refractivity contribution in [2.24, 2.45) is 11.8 Å². The van der Waals surface area contributed by atoms with Gasteiger partial charge in [0, 0.05) is 37.2 Å². The fourth-order valence-corrected chi connectivity index (χ4v) is 5.48. The van der Waals surface area contributed by atoms with E-state index in [1.54, 1.807) is 6.20 Å². The van der Waals surface area contributed by atoms with E-state index in [4.69, 9.17) is 0 Å². The smallest absolute Gasteiger partial charge is 0.243 e. The molecule has 4 rings (SSSR count). The summed E-state index contributed by atoms with van der Waals surface area (Å²) in [7, 11) is 0. The number of amides is 2. The zero-order chi connectivity index (χ0) is 29.3. The molecule has 8 heteroatoms. The van der Waals surface area contributed by atoms with Crippen LogP contribution in [0, 0.1) is 11.8 Å². The maximum absolute atomic E-state index is 13.5. The lowest BCUT2D eigenvalue weighted by Gasteiger charge is -2.40. The van der Waals surface area contributed by atoms with Crippen LogP contribution in [0.3, 0.4) is 0 Å². The van der Waals surface area contributed by atoms with E-state index in [1.165, 1.54) is 4.90 Å². The van der Waals surface area contributed by atoms with Crippen LogP contribution < -0.4 is 5.32 Å². The summed E-state index contributed by atoms with van der Waals surface area (Å²) in [4.78, 5) is 28.1. The summed E-state index contributed by atoms with van der Waals surface area (Å²) in [5.41, 5.74) is 3.19. The molecule has 218 valence electrons. The number of nitrogens with one attached hydrogen (secondary N) is 1. The predicted octanol–water partition coefficient (Wildman–Crippen LogP) is 4.52. The normalized spacial score (nSPS) is 22.7. The molecule has 0 spiro atoms. The van der Waals surface area contributed by atoms with Crippen molar-refractivity contribution in [3.8, 4) is 11.3 Å². The molecule has 1 saturated heterocycles. The van der Waals surface area contributed by atoms with Crippen LogP contribution in [0.15, 0.2) is 30.5 Å². The van der Waals surface area contributed by atoms with Crippen molar-refractivity contribution < 1.29 is 19.8 Å². The highest BCUT2D eigenvalue weighted by Crippen LogP contribution is 2.38. The van der Waals surface area contributed by atoms with E-state index in [0.29, 0.717) is 6.42 Å². The number of aliphatic hydroxyl groups is 2. The second-order valence-corrected chi connectivity index (χ2v) is 10.4. The van der Waals surface area contributed by atoms with Crippen LogP contribution in [0.1, 0.15) is 85.8 Å². The lowest BCUT2D eigenvalue weighted by molar-refractivity contribution is -0.143. The van der Waals surface area contributed by atoms with E-state index in [1.807, 2.05) is 71.3 Å². The first-order chi connectivity index (χ1) is 18.7. The first-order valence-corrected chi connectivity index (χ1v) is 14.8. The Balaban J connectivity index is 0.00000127. The highest BCUT2D eigenvalue weighted by atomic mass is 16.3. The molecule has 0 radical (unpaired) electrons. The number of aliphatic hydroxyl groups excluding tert-OH is 2. The van der Waals surface area contributed by atoms with E-state index in [2.05, 4.69) is 23.4 Å². The van der Waals surface area contributed by atoms with Crippen LogP contribution in [0.25, 0.3) is 11.3 Å². The number of rotatable bonds is 7. The summed E-state index contributed by atoms with van der Waals surface area (Å²) in [6.45, 7) is 16.6. The van der Waals surface area contributed by atoms with Gasteiger partial charge in [0.15, 0.2) is 0 Å². The van der Waals surface area contributed by atoms with Crippen molar-refractivity contribution in [1.82, 2.24) is 20.0 Å². The van der Waals surface area contributed by atoms with Gasteiger partial charge in [-0.05, 0) is 55.4 Å². The molecule has 2 heterocycles. The number of hydrogen-bond donors (Lipinski definition) is 3. The number of hydrogen-bond acceptors (Lipinski definition) is 5. The Hall–Kier alpha value is -2.71. The van der Waals surface area contributed by atoms with Gasteiger partial charge in [-0.15, -0.1) is 0 Å². The molecule has 1 aromatic heterocycles. The minimum atomic E-state index is -0.917. The fourth-order valence-electron chi connectivity index (χ4n) is 5.48. The average Bonchev–Trinajstić information content (AvgIpc) is 3.60. The van der Waals surface area contributed by atoms with Crippen molar-refractivity contribution in [1.29, 1.82) is 0 Å². The number of carbonyl (C=O) groups is 2. The van der Waals surface area contributed by atoms with E-state index in [0.717, 1.165) is 41.8 Å². The molecule has 39 heavy (non-hydrogen) atoms. The summed E-state index contributed by atoms with van der Waals surface area (Å²) in [5.74, 6) is -0.541. The number of nitrogens with zero attached hydrogens (tertiary/aromatic N) is 3. The van der Waals surface area contributed by atoms with E-state index < -0.39 is 17.7 Å². The van der Waals surface area contributed by atoms with Gasteiger partial charge in [0.05, 0.1) is 23.9 Å². The number of β-amino-alcohol motifs (C(OH)–C–C–N with tert-alkyl or cyclic N) is 1. The van der Waals surface area contributed by atoms with Crippen LogP contribution in [0.4, 0.5) is 0 Å². The van der Waals surface area contributed by atoms with Gasteiger partial charge in [0.2, 0.25) is 11.8 Å². The molecular formula is C31H50N4O4. The lowest BCUT2D eigenvalue weighted by Crippen LogP contribution is -2.56. The highest BCUT2D eigenvalue weighted by Gasteiger charge is 2.44. The van der Waals surface area contributed by atoms with Gasteiger partial charge in [0.25, 0.3) is 0 Å². The topological polar surface area (TPSA) is 108 Å². The third-order valence-corrected chi connectivity index (χ3v) is 7.87. The molecule has 1 aliphatic heterocycles. The molecule has 4 unspecified atom stereocenters. The maximum Gasteiger partial charge on any atom is 0.243 e. The van der Waals surface area contributed by atoms with Gasteiger partial charge < -0.3 is 20.4 Å². The molecule has 3 N–H and O–H groups in total. The van der Waals surface area contributed by atoms with Crippen LogP contribution >= 0.6 is 0 Å². The van der Waals surface area contributed by atoms with Gasteiger partial charge in [-0.2, -0.15) is 5.10 Å². The summed E-state index contributed by atoms with van der Waals surface area (Å²) < 4.78 is 1.95. The Morgan fingerprint density at radius 2 is 1.85 bits per heavy atom. The van der Waals surface area contributed by atoms with Crippen LogP contribution in [0.2, 0.25) is 0 Å². The average molecular weight is 543 g/mol. The minimum absolute atomic E-state index is 0.115. The first kappa shape index (κ1) is 32.5. The Bertz CT molecular complexity index is 1080. The van der Waals surface area contributed by atoms with Crippen molar-refractivity contribution in [3.63, 3.8) is 0 Å². The summed E-state index contributed by atoms with van der Waals surface area (Å²) in [6, 6.07) is 7.40. The molecule has 4 atom stereocenters. The molecule has 1 aromatic carbocycles. The molecule has 0 saturated carbocycles. The SMILES string of the molecule is CC.CC.CCn1nccc1-c1ccc2c(c1)CCCC2(CO)NC(=O)C1CC(O)CN1C(=O)C(C)C(C)C. The van der Waals surface area contributed by atoms with Crippen molar-refractivity contribution >= 4 is 11.8 Å². The van der Waals surface area contributed by atoms with Gasteiger partial charge in [-0.25, -0.2) is 0 Å². The zero-order valence-corrected chi connectivity index (χ0v) is 25.2. The van der Waals surface area contributed by atoms with Gasteiger partial charge in [-0.1, -0.05) is 60.6 Å². The number of carbonyl (C=O) groups excluding carboxylic acids is 2. The predicted molar refractivity (Wildman–Crippen MR) is 156 cm³/mol. The standard InChI is InChI=1S/C27H38N4O4.2C2H6/c1-5-31-23(10-12-28-31)20-8-9-22-19(13-20)7-6-11-27(22,16-32)29-25(34)24-14-21(33)15-30(24)26(35)18(4)17(2)3;2*1-2/h8-10,12-13,17-18,21,24,32-33H,5-7,11,14-16H2,1-4H3,(H,29,34);2*1-2H3. The second-order valence-electron chi connectivity index (χ2n) is 10.4. The maximum atomic E-state index is 13.5. The molecule has 0 bridgehead atoms. The van der Waals surface area contributed by atoms with Gasteiger partial charge in [0.1, 0.15) is 6.04 Å². The molecule has 1 fully saturated rings. The van der Waals surface area contributed by atoms with E-state index in [9.17, 15) is 19.8 Å². The number of likely N-dealkylation sites (tertiary alicyclic amines) is 1. The van der Waals surface area contributed by atoms with Crippen LogP contribution in [0.5, 0.6) is 0 Å². The molecule has 2 aromatic rings. The summed E-state index contributed by atoms with van der Waals surface area (Å²) >= 11 is 0. The number of benzene rings is 1. The fraction of sp³-hybridized carbons (Fsp3) is 0.645. The Labute approximate surface area is 234 Å². The van der Waals surface area contributed by atoms with Crippen LogP contribution in [-0.4, -0.2) is 62.0 Å². The third kappa shape index (κ3) is 6.90. The van der Waals surface area contributed by atoms with Crippen molar-refractivity contribution in [2.75, 3.05) is 13.2 Å². The molecular weight excluding hydrogens is 492 g/mol. The van der Waals surface area contributed by atoms with E-state index in [-0.39, 0.29) is 43.2 Å². The molecule has 2 aliphatic rings. The first-order valence-electron chi connectivity index (χ1n) is 14.8. The van der Waals surface area contributed by atoms with Crippen molar-refractivity contribution in [3.05, 3.63) is 41.6 Å². The van der Waals surface area contributed by atoms with Gasteiger partial charge >= 0.3 is 0 Å². The molecule has 1 aliphatic carbocycles. The third-order valence-electron chi connectivity index (χ3n) is 7.87. The number of aryl methyl sites for hydroxylation is 2. The van der Waals surface area contributed by atoms with Crippen LogP contribution in [-0.2, 0) is 28.1 Å². The van der Waals surface area contributed by atoms with E-state index >= 15 is 0 Å². The largest absolute Gasteiger partial charge is 0.394 e. The Morgan fingerprint density at radius 1 is 1.15 bits per heavy atom. The quantitative estimate of drug-likeness (QED) is 0.477. The minimum Gasteiger partial charge on any atom is -0.394 e.